The van der Waals surface area contributed by atoms with Gasteiger partial charge >= 0.3 is 0 Å². The third-order valence-corrected chi connectivity index (χ3v) is 12.2. The number of Topliss-reactive ketones (excluding diaryl/α,β-unsaturated/α-hetero) is 1. The summed E-state index contributed by atoms with van der Waals surface area (Å²) >= 11 is 0. The Bertz CT molecular complexity index is 2040. The van der Waals surface area contributed by atoms with Crippen LogP contribution in [0.25, 0.3) is 0 Å². The summed E-state index contributed by atoms with van der Waals surface area (Å²) in [5.41, 5.74) is 20.5. The van der Waals surface area contributed by atoms with E-state index in [2.05, 4.69) is 48.6 Å². The topological polar surface area (TPSA) is 328 Å². The molecule has 1 aliphatic rings. The Kier molecular flexibility index (Phi) is 29.1. The number of benzene rings is 1. The van der Waals surface area contributed by atoms with Crippen molar-refractivity contribution in [3.05, 3.63) is 59.2 Å². The van der Waals surface area contributed by atoms with Crippen LogP contribution < -0.4 is 59.7 Å². The van der Waals surface area contributed by atoms with Crippen molar-refractivity contribution >= 4 is 53.0 Å². The van der Waals surface area contributed by atoms with Gasteiger partial charge in [0.1, 0.15) is 36.3 Å². The summed E-state index contributed by atoms with van der Waals surface area (Å²) in [5, 5.41) is 22.0. The van der Waals surface area contributed by atoms with Crippen LogP contribution in [-0.4, -0.2) is 122 Å². The van der Waals surface area contributed by atoms with E-state index in [-0.39, 0.29) is 95.8 Å². The van der Waals surface area contributed by atoms with E-state index in [0.29, 0.717) is 12.8 Å². The maximum atomic E-state index is 14.4. The molecule has 14 N–H and O–H groups in total. The first-order valence-electron chi connectivity index (χ1n) is 26.0. The predicted octanol–water partition coefficient (Wildman–Crippen LogP) is 1.35. The van der Waals surface area contributed by atoms with Crippen LogP contribution >= 0.6 is 0 Å². The van der Waals surface area contributed by atoms with E-state index in [1.165, 1.54) is 6.08 Å². The minimum absolute atomic E-state index is 0.000643. The highest BCUT2D eigenvalue weighted by Crippen LogP contribution is 2.19. The van der Waals surface area contributed by atoms with Crippen molar-refractivity contribution in [3.63, 3.8) is 0 Å². The summed E-state index contributed by atoms with van der Waals surface area (Å²) in [6.45, 7) is 14.7. The third kappa shape index (κ3) is 24.1. The number of hydrogen-bond acceptors (Lipinski definition) is 12. The maximum Gasteiger partial charge on any atom is 0.244 e. The van der Waals surface area contributed by atoms with E-state index in [0.717, 1.165) is 23.1 Å². The number of nitrogens with one attached hydrogen (secondary N) is 8. The molecule has 1 aliphatic heterocycles. The van der Waals surface area contributed by atoms with Crippen LogP contribution in [0, 0.1) is 17.8 Å². The number of rotatable bonds is 21. The first-order chi connectivity index (χ1) is 34.6. The van der Waals surface area contributed by atoms with Gasteiger partial charge in [0.05, 0.1) is 6.04 Å². The zero-order chi connectivity index (χ0) is 54.6. The molecular weight excluding hydrogens is 935 g/mol. The molecule has 1 heterocycles. The SMILES string of the molecule is CCC[C@@H]1NC(=O)[C@H](CCN)NC(=O)[C@@H](Cc2ccccc2)CC(=O)[C@H](CC(C)C)NC(=O)[C@H](CCN)NC(=O)[C@@H](NC(=O)[C@@H](CCN)NC(=O)/C=C(\C)CCC=C(C)C)CCNC(=O)[C@H](CC(C)C)NC1=O. The summed E-state index contributed by atoms with van der Waals surface area (Å²) in [7, 11) is 0. The second kappa shape index (κ2) is 33.7. The van der Waals surface area contributed by atoms with Gasteiger partial charge in [-0.2, -0.15) is 0 Å². The average Bonchev–Trinajstić information content (AvgIpc) is 3.31. The van der Waals surface area contributed by atoms with Gasteiger partial charge in [0.25, 0.3) is 0 Å². The van der Waals surface area contributed by atoms with Crippen LogP contribution in [0.1, 0.15) is 132 Å². The Hall–Kier alpha value is -5.99. The molecule has 0 bridgehead atoms. The number of allylic oxidation sites excluding steroid dienone is 3. The van der Waals surface area contributed by atoms with E-state index < -0.39 is 101 Å². The van der Waals surface area contributed by atoms with Crippen molar-refractivity contribution < 1.29 is 43.2 Å². The number of ketones is 1. The highest BCUT2D eigenvalue weighted by atomic mass is 16.2. The Morgan fingerprint density at radius 1 is 0.685 bits per heavy atom. The lowest BCUT2D eigenvalue weighted by Gasteiger charge is -2.28. The molecule has 20 nitrogen and oxygen atoms in total. The molecule has 1 saturated heterocycles. The first kappa shape index (κ1) is 63.1. The summed E-state index contributed by atoms with van der Waals surface area (Å²) in [6, 6.07) is 0.582. The molecule has 0 aromatic heterocycles. The molecule has 0 aliphatic carbocycles. The lowest BCUT2D eigenvalue weighted by molar-refractivity contribution is -0.136. The third-order valence-electron chi connectivity index (χ3n) is 12.2. The van der Waals surface area contributed by atoms with Gasteiger partial charge in [-0.3, -0.25) is 43.2 Å². The minimum Gasteiger partial charge on any atom is -0.354 e. The summed E-state index contributed by atoms with van der Waals surface area (Å²) in [5.74, 6) is -7.13. The fraction of sp³-hybridized carbons (Fsp3) is 0.642. The van der Waals surface area contributed by atoms with Crippen molar-refractivity contribution in [2.75, 3.05) is 26.2 Å². The summed E-state index contributed by atoms with van der Waals surface area (Å²) < 4.78 is 0. The molecule has 0 unspecified atom stereocenters. The second-order valence-corrected chi connectivity index (χ2v) is 20.2. The van der Waals surface area contributed by atoms with Crippen molar-refractivity contribution in [1.29, 1.82) is 0 Å². The average molecular weight is 1020 g/mol. The van der Waals surface area contributed by atoms with E-state index >= 15 is 0 Å². The van der Waals surface area contributed by atoms with Crippen LogP contribution in [0.2, 0.25) is 0 Å². The molecule has 2 rings (SSSR count). The quantitative estimate of drug-likeness (QED) is 0.0615. The molecule has 1 fully saturated rings. The fourth-order valence-electron chi connectivity index (χ4n) is 8.33. The molecule has 73 heavy (non-hydrogen) atoms. The number of carbonyl (C=O) groups excluding carboxylic acids is 9. The molecule has 0 spiro atoms. The van der Waals surface area contributed by atoms with Gasteiger partial charge in [0.2, 0.25) is 47.3 Å². The Labute approximate surface area is 432 Å². The lowest BCUT2D eigenvalue weighted by Crippen LogP contribution is -2.59. The summed E-state index contributed by atoms with van der Waals surface area (Å²) in [4.78, 5) is 126. The smallest absolute Gasteiger partial charge is 0.244 e. The van der Waals surface area contributed by atoms with Crippen LogP contribution in [0.3, 0.4) is 0 Å². The number of carbonyl (C=O) groups is 9. The normalized spacial score (nSPS) is 23.0. The van der Waals surface area contributed by atoms with Crippen LogP contribution in [0.5, 0.6) is 0 Å². The Morgan fingerprint density at radius 2 is 1.22 bits per heavy atom. The monoisotopic (exact) mass is 1020 g/mol. The Morgan fingerprint density at radius 3 is 1.77 bits per heavy atom. The van der Waals surface area contributed by atoms with E-state index in [1.807, 2.05) is 54.5 Å². The van der Waals surface area contributed by atoms with Gasteiger partial charge in [0, 0.05) is 25.0 Å². The van der Waals surface area contributed by atoms with Gasteiger partial charge in [-0.1, -0.05) is 88.6 Å². The largest absolute Gasteiger partial charge is 0.354 e. The lowest BCUT2D eigenvalue weighted by atomic mass is 9.88. The van der Waals surface area contributed by atoms with Gasteiger partial charge in [0.15, 0.2) is 5.78 Å². The van der Waals surface area contributed by atoms with Crippen molar-refractivity contribution in [1.82, 2.24) is 42.5 Å². The number of nitrogens with two attached hydrogens (primary N) is 3. The number of amides is 8. The molecular formula is C53H87N11O9. The molecule has 20 heteroatoms. The van der Waals surface area contributed by atoms with E-state index in [4.69, 9.17) is 17.2 Å². The molecule has 0 saturated carbocycles. The van der Waals surface area contributed by atoms with Crippen LogP contribution in [-0.2, 0) is 49.6 Å². The van der Waals surface area contributed by atoms with Gasteiger partial charge in [-0.05, 0) is 122 Å². The molecule has 1 aromatic rings. The van der Waals surface area contributed by atoms with Gasteiger partial charge < -0.3 is 59.7 Å². The van der Waals surface area contributed by atoms with Gasteiger partial charge in [-0.25, -0.2) is 0 Å². The van der Waals surface area contributed by atoms with Crippen LogP contribution in [0.15, 0.2) is 53.6 Å². The Balaban J connectivity index is 2.72. The summed E-state index contributed by atoms with van der Waals surface area (Å²) in [6.07, 6.45) is 5.26. The second-order valence-electron chi connectivity index (χ2n) is 20.2. The molecule has 0 radical (unpaired) electrons. The van der Waals surface area contributed by atoms with Crippen molar-refractivity contribution in [2.24, 2.45) is 35.0 Å². The zero-order valence-electron chi connectivity index (χ0n) is 44.5. The first-order valence-corrected chi connectivity index (χ1v) is 26.0. The fourth-order valence-corrected chi connectivity index (χ4v) is 8.33. The van der Waals surface area contributed by atoms with E-state index in [1.54, 1.807) is 31.2 Å². The predicted molar refractivity (Wildman–Crippen MR) is 282 cm³/mol. The standard InChI is InChI=1S/C53H87N11O9/c1-9-14-38-49(69)64-44(28-34(6)7)48(68)57-26-22-42(62-50(70)39(19-23-54)58-46(66)29-35(8)16-13-15-32(2)3)53(73)61-41(21-25-56)52(72)63-43(27-33(4)5)45(65)31-37(30-36-17-11-10-12-18-36)47(67)59-40(20-24-55)51(71)60-38/h10-12,15,17-18,29,33-34,37-44H,9,13-14,16,19-28,30-31,54-56H2,1-8H3,(H,57,68)(H,58,66)(H,59,67)(H,60,71)(H,61,73)(H,62,70)(H,63,72)(H,64,69)/b35-29+/t37-,38-,39+,40-,41-,42-,43-,44-/m0/s1. The van der Waals surface area contributed by atoms with Crippen molar-refractivity contribution in [3.8, 4) is 0 Å². The molecule has 8 atom stereocenters. The van der Waals surface area contributed by atoms with E-state index in [9.17, 15) is 43.2 Å². The molecule has 8 amide bonds. The maximum absolute atomic E-state index is 14.4. The molecule has 1 aromatic carbocycles. The highest BCUT2D eigenvalue weighted by molar-refractivity contribution is 5.99. The van der Waals surface area contributed by atoms with Crippen molar-refractivity contribution in [2.45, 2.75) is 175 Å². The zero-order valence-corrected chi connectivity index (χ0v) is 44.5. The van der Waals surface area contributed by atoms with Crippen LogP contribution in [0.4, 0.5) is 0 Å². The highest BCUT2D eigenvalue weighted by Gasteiger charge is 2.35. The molecule has 408 valence electrons. The van der Waals surface area contributed by atoms with Gasteiger partial charge in [-0.15, -0.1) is 0 Å². The minimum atomic E-state index is -1.41. The number of hydrogen-bond donors (Lipinski definition) is 11.